The highest BCUT2D eigenvalue weighted by Crippen LogP contribution is 2.33. The minimum atomic E-state index is -4.05. The smallest absolute Gasteiger partial charge is 0.277 e. The second-order valence-electron chi connectivity index (χ2n) is 3.40. The fourth-order valence-electron chi connectivity index (χ4n) is 1.59. The van der Waals surface area contributed by atoms with Gasteiger partial charge in [0.2, 0.25) is 0 Å². The van der Waals surface area contributed by atoms with Gasteiger partial charge in [-0.2, -0.15) is 0 Å². The van der Waals surface area contributed by atoms with Crippen molar-refractivity contribution in [3.63, 3.8) is 0 Å². The Bertz CT molecular complexity index is 570. The lowest BCUT2D eigenvalue weighted by Crippen LogP contribution is -2.04. The first kappa shape index (κ1) is 14.7. The van der Waals surface area contributed by atoms with E-state index in [1.807, 2.05) is 0 Å². The predicted molar refractivity (Wildman–Crippen MR) is 66.7 cm³/mol. The van der Waals surface area contributed by atoms with Crippen molar-refractivity contribution >= 4 is 25.4 Å². The Morgan fingerprint density at radius 2 is 2.00 bits per heavy atom. The molecule has 0 atom stereocenters. The Morgan fingerprint density at radius 1 is 1.39 bits per heavy atom. The fraction of sp³-hybridized carbons (Fsp3) is 0.400. The van der Waals surface area contributed by atoms with Crippen LogP contribution in [0.3, 0.4) is 0 Å². The summed E-state index contributed by atoms with van der Waals surface area (Å²) in [5.74, 6) is 0.112. The molecule has 0 radical (unpaired) electrons. The zero-order chi connectivity index (χ0) is 13.9. The normalized spacial score (nSPS) is 11.3. The molecule has 1 aromatic rings. The predicted octanol–water partition coefficient (Wildman–Crippen LogP) is 2.48. The van der Waals surface area contributed by atoms with Gasteiger partial charge >= 0.3 is 0 Å². The van der Waals surface area contributed by atoms with Crippen molar-refractivity contribution in [2.75, 3.05) is 6.61 Å². The van der Waals surface area contributed by atoms with Crippen LogP contribution in [0, 0.1) is 10.1 Å². The highest BCUT2D eigenvalue weighted by molar-refractivity contribution is 8.13. The molecule has 0 aliphatic rings. The van der Waals surface area contributed by atoms with Crippen molar-refractivity contribution in [1.82, 2.24) is 0 Å². The van der Waals surface area contributed by atoms with Gasteiger partial charge in [-0.3, -0.25) is 10.1 Å². The second kappa shape index (κ2) is 5.53. The molecule has 6 nitrogen and oxygen atoms in total. The molecule has 0 N–H and O–H groups in total. The molecular weight excluding hydrogens is 282 g/mol. The zero-order valence-electron chi connectivity index (χ0n) is 9.84. The van der Waals surface area contributed by atoms with E-state index in [0.29, 0.717) is 0 Å². The van der Waals surface area contributed by atoms with E-state index in [2.05, 4.69) is 0 Å². The lowest BCUT2D eigenvalue weighted by atomic mass is 10.1. The number of benzene rings is 1. The first-order chi connectivity index (χ1) is 8.31. The van der Waals surface area contributed by atoms with Crippen molar-refractivity contribution in [2.45, 2.75) is 25.2 Å². The molecule has 0 fully saturated rings. The molecule has 100 valence electrons. The largest absolute Gasteiger partial charge is 0.494 e. The van der Waals surface area contributed by atoms with Gasteiger partial charge in [0, 0.05) is 22.3 Å². The molecule has 8 heteroatoms. The van der Waals surface area contributed by atoms with Crippen LogP contribution in [-0.4, -0.2) is 19.9 Å². The number of nitrogens with zero attached hydrogens (tertiary/aromatic N) is 1. The molecule has 1 rings (SSSR count). The Balaban J connectivity index is 3.61. The summed E-state index contributed by atoms with van der Waals surface area (Å²) < 4.78 is 28.0. The molecule has 0 heterocycles. The molecule has 0 saturated heterocycles. The number of nitro groups is 1. The number of hydrogen-bond donors (Lipinski definition) is 0. The van der Waals surface area contributed by atoms with Crippen molar-refractivity contribution in [3.8, 4) is 5.75 Å². The number of halogens is 1. The van der Waals surface area contributed by atoms with Crippen molar-refractivity contribution < 1.29 is 18.1 Å². The zero-order valence-corrected chi connectivity index (χ0v) is 11.4. The topological polar surface area (TPSA) is 86.5 Å². The van der Waals surface area contributed by atoms with Crippen LogP contribution in [0.2, 0.25) is 0 Å². The minimum Gasteiger partial charge on any atom is -0.494 e. The third kappa shape index (κ3) is 3.11. The van der Waals surface area contributed by atoms with Gasteiger partial charge in [0.05, 0.1) is 22.5 Å². The summed E-state index contributed by atoms with van der Waals surface area (Å²) in [6, 6.07) is 2.41. The Kier molecular flexibility index (Phi) is 4.53. The summed E-state index contributed by atoms with van der Waals surface area (Å²) in [7, 11) is 1.23. The molecule has 0 bridgehead atoms. The van der Waals surface area contributed by atoms with Crippen molar-refractivity contribution in [1.29, 1.82) is 0 Å². The van der Waals surface area contributed by atoms with E-state index in [9.17, 15) is 18.5 Å². The standard InChI is InChI=1S/C10H12ClNO5S/c1-3-8-9(12(13)14)5-7(17-4-2)6-10(8)18(11,15)16/h5-6H,3-4H2,1-2H3. The van der Waals surface area contributed by atoms with E-state index in [4.69, 9.17) is 15.4 Å². The van der Waals surface area contributed by atoms with Crippen LogP contribution in [0.4, 0.5) is 5.69 Å². The first-order valence-electron chi connectivity index (χ1n) is 5.20. The molecular formula is C10H12ClNO5S. The van der Waals surface area contributed by atoms with Gasteiger partial charge in [-0.15, -0.1) is 0 Å². The van der Waals surface area contributed by atoms with E-state index < -0.39 is 14.0 Å². The summed E-state index contributed by atoms with van der Waals surface area (Å²) in [6.45, 7) is 3.58. The molecule has 0 aliphatic carbocycles. The van der Waals surface area contributed by atoms with Gasteiger partial charge in [-0.05, 0) is 13.3 Å². The summed E-state index contributed by atoms with van der Waals surface area (Å²) in [5, 5.41) is 10.9. The maximum absolute atomic E-state index is 11.4. The van der Waals surface area contributed by atoms with E-state index in [1.54, 1.807) is 13.8 Å². The lowest BCUT2D eigenvalue weighted by molar-refractivity contribution is -0.385. The third-order valence-corrected chi connectivity index (χ3v) is 3.67. The second-order valence-corrected chi connectivity index (χ2v) is 5.93. The monoisotopic (exact) mass is 293 g/mol. The van der Waals surface area contributed by atoms with Crippen LogP contribution in [0.25, 0.3) is 0 Å². The highest BCUT2D eigenvalue weighted by Gasteiger charge is 2.25. The fourth-order valence-corrected chi connectivity index (χ4v) is 2.81. The van der Waals surface area contributed by atoms with E-state index in [-0.39, 0.29) is 34.9 Å². The number of hydrogen-bond acceptors (Lipinski definition) is 5. The Morgan fingerprint density at radius 3 is 2.39 bits per heavy atom. The molecule has 0 saturated carbocycles. The molecule has 1 aromatic carbocycles. The van der Waals surface area contributed by atoms with Crippen molar-refractivity contribution in [2.24, 2.45) is 0 Å². The highest BCUT2D eigenvalue weighted by atomic mass is 35.7. The summed E-state index contributed by atoms with van der Waals surface area (Å²) in [6.07, 6.45) is 0.185. The van der Waals surface area contributed by atoms with Crippen molar-refractivity contribution in [3.05, 3.63) is 27.8 Å². The van der Waals surface area contributed by atoms with Crippen LogP contribution in [0.1, 0.15) is 19.4 Å². The quantitative estimate of drug-likeness (QED) is 0.473. The van der Waals surface area contributed by atoms with E-state index in [1.165, 1.54) is 12.1 Å². The molecule has 0 amide bonds. The molecule has 0 unspecified atom stereocenters. The van der Waals surface area contributed by atoms with Crippen LogP contribution >= 0.6 is 10.7 Å². The first-order valence-corrected chi connectivity index (χ1v) is 7.51. The molecule has 0 spiro atoms. The van der Waals surface area contributed by atoms with Gasteiger partial charge in [-0.1, -0.05) is 6.92 Å². The lowest BCUT2D eigenvalue weighted by Gasteiger charge is -2.09. The summed E-state index contributed by atoms with van der Waals surface area (Å²) in [4.78, 5) is 10.0. The van der Waals surface area contributed by atoms with Gasteiger partial charge in [0.1, 0.15) is 5.75 Å². The maximum atomic E-state index is 11.4. The molecule has 0 aliphatic heterocycles. The van der Waals surface area contributed by atoms with Crippen LogP contribution in [0.15, 0.2) is 17.0 Å². The van der Waals surface area contributed by atoms with Gasteiger partial charge < -0.3 is 4.74 Å². The number of nitro benzene ring substituents is 1. The SMILES string of the molecule is CCOc1cc([N+](=O)[O-])c(CC)c(S(=O)(=O)Cl)c1. The van der Waals surface area contributed by atoms with Gasteiger partial charge in [0.25, 0.3) is 14.7 Å². The van der Waals surface area contributed by atoms with E-state index >= 15 is 0 Å². The van der Waals surface area contributed by atoms with Gasteiger partial charge in [-0.25, -0.2) is 8.42 Å². The average molecular weight is 294 g/mol. The van der Waals surface area contributed by atoms with Crippen LogP contribution in [-0.2, 0) is 15.5 Å². The van der Waals surface area contributed by atoms with E-state index in [0.717, 1.165) is 0 Å². The summed E-state index contributed by atoms with van der Waals surface area (Å²) in [5.41, 5.74) is -0.221. The van der Waals surface area contributed by atoms with Crippen LogP contribution < -0.4 is 4.74 Å². The third-order valence-electron chi connectivity index (χ3n) is 2.28. The Labute approximate surface area is 109 Å². The molecule has 18 heavy (non-hydrogen) atoms. The van der Waals surface area contributed by atoms with Crippen LogP contribution in [0.5, 0.6) is 5.75 Å². The minimum absolute atomic E-state index is 0.0819. The van der Waals surface area contributed by atoms with Gasteiger partial charge in [0.15, 0.2) is 0 Å². The molecule has 0 aromatic heterocycles. The number of rotatable bonds is 5. The number of ether oxygens (including phenoxy) is 1. The Hall–Kier alpha value is -1.34. The average Bonchev–Trinajstić information content (AvgIpc) is 2.27. The maximum Gasteiger partial charge on any atom is 0.277 e. The summed E-state index contributed by atoms with van der Waals surface area (Å²) >= 11 is 0.